The van der Waals surface area contributed by atoms with Gasteiger partial charge < -0.3 is 15.1 Å². The number of para-hydroxylation sites is 1. The molecular weight excluding hydrogens is 324 g/mol. The number of hydrogen-bond donors (Lipinski definition) is 1. The summed E-state index contributed by atoms with van der Waals surface area (Å²) in [7, 11) is 1.77. The van der Waals surface area contributed by atoms with Crippen LogP contribution in [0.5, 0.6) is 0 Å². The summed E-state index contributed by atoms with van der Waals surface area (Å²) in [5, 5.41) is 11.8. The highest BCUT2D eigenvalue weighted by Gasteiger charge is 2.09. The molecule has 0 unspecified atom stereocenters. The number of nitrogens with one attached hydrogen (secondary N) is 1. The first-order chi connectivity index (χ1) is 12.6. The van der Waals surface area contributed by atoms with Gasteiger partial charge in [0.05, 0.1) is 11.6 Å². The molecule has 2 rings (SSSR count). The highest BCUT2D eigenvalue weighted by atomic mass is 16.2. The maximum Gasteiger partial charge on any atom is 0.317 e. The van der Waals surface area contributed by atoms with Crippen molar-refractivity contribution in [2.24, 2.45) is 0 Å². The van der Waals surface area contributed by atoms with Gasteiger partial charge in [0.15, 0.2) is 0 Å². The average Bonchev–Trinajstić information content (AvgIpc) is 2.69. The molecule has 0 saturated carbocycles. The fourth-order valence-electron chi connectivity index (χ4n) is 2.74. The fourth-order valence-corrected chi connectivity index (χ4v) is 2.74. The number of carbonyl (C=O) groups is 1. The smallest absolute Gasteiger partial charge is 0.317 e. The van der Waals surface area contributed by atoms with Crippen LogP contribution in [0.15, 0.2) is 54.6 Å². The molecule has 136 valence electrons. The van der Waals surface area contributed by atoms with Crippen molar-refractivity contribution in [2.75, 3.05) is 31.6 Å². The second-order valence-corrected chi connectivity index (χ2v) is 6.17. The zero-order chi connectivity index (χ0) is 18.8. The quantitative estimate of drug-likeness (QED) is 0.740. The Hall–Kier alpha value is -3.00. The van der Waals surface area contributed by atoms with Gasteiger partial charge in [0, 0.05) is 38.9 Å². The molecule has 0 aromatic heterocycles. The van der Waals surface area contributed by atoms with Crippen LogP contribution < -0.4 is 10.2 Å². The van der Waals surface area contributed by atoms with Crippen LogP contribution in [0.4, 0.5) is 10.5 Å². The Morgan fingerprint density at radius 2 is 1.81 bits per heavy atom. The molecule has 0 heterocycles. The molecule has 2 amide bonds. The zero-order valence-corrected chi connectivity index (χ0v) is 15.5. The van der Waals surface area contributed by atoms with Crippen LogP contribution in [0.3, 0.4) is 0 Å². The van der Waals surface area contributed by atoms with E-state index in [1.165, 1.54) is 5.69 Å². The van der Waals surface area contributed by atoms with Crippen LogP contribution in [0.2, 0.25) is 0 Å². The summed E-state index contributed by atoms with van der Waals surface area (Å²) in [5.41, 5.74) is 2.84. The van der Waals surface area contributed by atoms with Crippen LogP contribution in [0, 0.1) is 11.3 Å². The van der Waals surface area contributed by atoms with E-state index in [2.05, 4.69) is 35.3 Å². The lowest BCUT2D eigenvalue weighted by Gasteiger charge is -2.23. The van der Waals surface area contributed by atoms with Crippen molar-refractivity contribution in [2.45, 2.75) is 19.9 Å². The minimum Gasteiger partial charge on any atom is -0.372 e. The third-order valence-electron chi connectivity index (χ3n) is 4.23. The van der Waals surface area contributed by atoms with Gasteiger partial charge in [-0.1, -0.05) is 30.3 Å². The molecule has 0 spiro atoms. The Morgan fingerprint density at radius 3 is 2.42 bits per heavy atom. The molecule has 0 aliphatic rings. The van der Waals surface area contributed by atoms with Crippen LogP contribution in [-0.4, -0.2) is 37.6 Å². The first kappa shape index (κ1) is 19.3. The summed E-state index contributed by atoms with van der Waals surface area (Å²) >= 11 is 0. The van der Waals surface area contributed by atoms with Crippen molar-refractivity contribution in [1.82, 2.24) is 10.2 Å². The summed E-state index contributed by atoms with van der Waals surface area (Å²) in [4.78, 5) is 16.2. The van der Waals surface area contributed by atoms with Crippen molar-refractivity contribution < 1.29 is 4.79 Å². The molecule has 26 heavy (non-hydrogen) atoms. The number of urea groups is 1. The van der Waals surface area contributed by atoms with Gasteiger partial charge in [-0.05, 0) is 43.2 Å². The van der Waals surface area contributed by atoms with Gasteiger partial charge in [0.25, 0.3) is 0 Å². The van der Waals surface area contributed by atoms with E-state index in [-0.39, 0.29) is 6.03 Å². The number of nitriles is 1. The predicted octanol–water partition coefficient (Wildman–Crippen LogP) is 3.62. The summed E-state index contributed by atoms with van der Waals surface area (Å²) in [6.45, 7) is 5.14. The van der Waals surface area contributed by atoms with Crippen molar-refractivity contribution >= 4 is 11.7 Å². The van der Waals surface area contributed by atoms with Crippen molar-refractivity contribution in [3.8, 4) is 6.07 Å². The van der Waals surface area contributed by atoms with Crippen molar-refractivity contribution in [3.05, 3.63) is 65.7 Å². The van der Waals surface area contributed by atoms with E-state index in [0.29, 0.717) is 18.7 Å². The zero-order valence-electron chi connectivity index (χ0n) is 15.5. The first-order valence-electron chi connectivity index (χ1n) is 8.92. The molecule has 0 fully saturated rings. The van der Waals surface area contributed by atoms with Crippen molar-refractivity contribution in [1.29, 1.82) is 5.26 Å². The van der Waals surface area contributed by atoms with Gasteiger partial charge in [0.2, 0.25) is 0 Å². The highest BCUT2D eigenvalue weighted by molar-refractivity contribution is 5.73. The van der Waals surface area contributed by atoms with E-state index in [0.717, 1.165) is 25.1 Å². The Morgan fingerprint density at radius 1 is 1.12 bits per heavy atom. The number of hydrogen-bond acceptors (Lipinski definition) is 3. The van der Waals surface area contributed by atoms with Gasteiger partial charge in [-0.2, -0.15) is 5.26 Å². The Labute approximate surface area is 155 Å². The third-order valence-corrected chi connectivity index (χ3v) is 4.23. The SMILES string of the molecule is CCN(CCCNC(=O)N(C)Cc1ccc(C#N)cc1)c1ccccc1. The molecule has 5 heteroatoms. The number of benzene rings is 2. The lowest BCUT2D eigenvalue weighted by Crippen LogP contribution is -2.38. The Kier molecular flexibility index (Phi) is 7.50. The average molecular weight is 350 g/mol. The highest BCUT2D eigenvalue weighted by Crippen LogP contribution is 2.12. The maximum atomic E-state index is 12.2. The monoisotopic (exact) mass is 350 g/mol. The van der Waals surface area contributed by atoms with Gasteiger partial charge in [0.1, 0.15) is 0 Å². The van der Waals surface area contributed by atoms with E-state index < -0.39 is 0 Å². The number of rotatable bonds is 8. The molecular formula is C21H26N4O. The topological polar surface area (TPSA) is 59.4 Å². The Bertz CT molecular complexity index is 722. The minimum absolute atomic E-state index is 0.0860. The predicted molar refractivity (Wildman–Crippen MR) is 105 cm³/mol. The molecule has 2 aromatic rings. The summed E-state index contributed by atoms with van der Waals surface area (Å²) in [5.74, 6) is 0. The minimum atomic E-state index is -0.0860. The van der Waals surface area contributed by atoms with Crippen LogP contribution >= 0.6 is 0 Å². The van der Waals surface area contributed by atoms with Gasteiger partial charge in [-0.3, -0.25) is 0 Å². The van der Waals surface area contributed by atoms with Crippen LogP contribution in [0.25, 0.3) is 0 Å². The fraction of sp³-hybridized carbons (Fsp3) is 0.333. The molecule has 0 bridgehead atoms. The number of amides is 2. The number of nitrogens with zero attached hydrogens (tertiary/aromatic N) is 3. The van der Waals surface area contributed by atoms with E-state index in [4.69, 9.17) is 5.26 Å². The van der Waals surface area contributed by atoms with Gasteiger partial charge in [-0.15, -0.1) is 0 Å². The van der Waals surface area contributed by atoms with Crippen molar-refractivity contribution in [3.63, 3.8) is 0 Å². The Balaban J connectivity index is 1.72. The molecule has 2 aromatic carbocycles. The lowest BCUT2D eigenvalue weighted by atomic mass is 10.1. The van der Waals surface area contributed by atoms with E-state index >= 15 is 0 Å². The van der Waals surface area contributed by atoms with E-state index in [9.17, 15) is 4.79 Å². The summed E-state index contributed by atoms with van der Waals surface area (Å²) in [6.07, 6.45) is 0.888. The molecule has 0 aliphatic carbocycles. The summed E-state index contributed by atoms with van der Waals surface area (Å²) in [6, 6.07) is 19.6. The van der Waals surface area contributed by atoms with E-state index in [1.54, 1.807) is 24.1 Å². The van der Waals surface area contributed by atoms with Crippen LogP contribution in [0.1, 0.15) is 24.5 Å². The lowest BCUT2D eigenvalue weighted by molar-refractivity contribution is 0.207. The number of anilines is 1. The maximum absolute atomic E-state index is 12.2. The third kappa shape index (κ3) is 5.82. The largest absolute Gasteiger partial charge is 0.372 e. The molecule has 5 nitrogen and oxygen atoms in total. The molecule has 0 saturated heterocycles. The standard InChI is InChI=1S/C21H26N4O/c1-3-25(20-8-5-4-6-9-20)15-7-14-23-21(26)24(2)17-19-12-10-18(16-22)11-13-19/h4-6,8-13H,3,7,14-15,17H2,1-2H3,(H,23,26). The van der Waals surface area contributed by atoms with Gasteiger partial charge in [-0.25, -0.2) is 4.79 Å². The molecule has 0 atom stereocenters. The van der Waals surface area contributed by atoms with Crippen LogP contribution in [-0.2, 0) is 6.54 Å². The number of carbonyl (C=O) groups excluding carboxylic acids is 1. The normalized spacial score (nSPS) is 10.0. The van der Waals surface area contributed by atoms with Gasteiger partial charge >= 0.3 is 6.03 Å². The van der Waals surface area contributed by atoms with E-state index in [1.807, 2.05) is 30.3 Å². The molecule has 0 radical (unpaired) electrons. The second kappa shape index (κ2) is 10.1. The first-order valence-corrected chi connectivity index (χ1v) is 8.92. The molecule has 0 aliphatic heterocycles. The molecule has 1 N–H and O–H groups in total. The summed E-state index contributed by atoms with van der Waals surface area (Å²) < 4.78 is 0. The second-order valence-electron chi connectivity index (χ2n) is 6.17.